The number of ether oxygens (including phenoxy) is 1. The van der Waals surface area contributed by atoms with Gasteiger partial charge in [-0.05, 0) is 26.2 Å². The highest BCUT2D eigenvalue weighted by atomic mass is 16.5. The van der Waals surface area contributed by atoms with Crippen LogP contribution in [0.2, 0.25) is 0 Å². The van der Waals surface area contributed by atoms with Crippen LogP contribution in [0.3, 0.4) is 0 Å². The maximum Gasteiger partial charge on any atom is 0.333 e. The van der Waals surface area contributed by atoms with E-state index < -0.39 is 0 Å². The first-order valence-corrected chi connectivity index (χ1v) is 5.66. The van der Waals surface area contributed by atoms with Gasteiger partial charge in [-0.2, -0.15) is 0 Å². The summed E-state index contributed by atoms with van der Waals surface area (Å²) in [7, 11) is 0. The number of hydrogen-bond acceptors (Lipinski definition) is 2. The zero-order valence-electron chi connectivity index (χ0n) is 9.92. The highest BCUT2D eigenvalue weighted by Gasteiger charge is 2.00. The summed E-state index contributed by atoms with van der Waals surface area (Å²) in [5, 5.41) is 0. The van der Waals surface area contributed by atoms with Crippen LogP contribution in [0.25, 0.3) is 0 Å². The molecule has 0 aromatic carbocycles. The normalized spacial score (nSPS) is 10.5. The second-order valence-electron chi connectivity index (χ2n) is 3.67. The van der Waals surface area contributed by atoms with Crippen LogP contribution in [0.1, 0.15) is 46.0 Å². The highest BCUT2D eigenvalue weighted by Crippen LogP contribution is 2.00. The topological polar surface area (TPSA) is 26.3 Å². The lowest BCUT2D eigenvalue weighted by atomic mass is 10.2. The molecule has 0 heterocycles. The number of carbonyl (C=O) groups excluding carboxylic acids is 1. The molecular formula is C13H22O2. The van der Waals surface area contributed by atoms with Crippen molar-refractivity contribution in [2.24, 2.45) is 0 Å². The quantitative estimate of drug-likeness (QED) is 0.265. The van der Waals surface area contributed by atoms with Gasteiger partial charge in [0.1, 0.15) is 0 Å². The smallest absolute Gasteiger partial charge is 0.333 e. The van der Waals surface area contributed by atoms with E-state index in [9.17, 15) is 4.79 Å². The molecule has 86 valence electrons. The second-order valence-corrected chi connectivity index (χ2v) is 3.67. The van der Waals surface area contributed by atoms with Gasteiger partial charge in [0, 0.05) is 5.57 Å². The van der Waals surface area contributed by atoms with Crippen molar-refractivity contribution in [3.8, 4) is 0 Å². The molecule has 0 fully saturated rings. The Morgan fingerprint density at radius 2 is 1.93 bits per heavy atom. The Hall–Kier alpha value is -1.05. The van der Waals surface area contributed by atoms with E-state index in [1.54, 1.807) is 6.92 Å². The molecule has 0 radical (unpaired) electrons. The number of carbonyl (C=O) groups is 1. The second kappa shape index (κ2) is 9.50. The molecule has 2 heteroatoms. The predicted molar refractivity (Wildman–Crippen MR) is 63.7 cm³/mol. The molecule has 0 aliphatic carbocycles. The highest BCUT2D eigenvalue weighted by molar-refractivity contribution is 5.86. The average molecular weight is 210 g/mol. The van der Waals surface area contributed by atoms with Crippen LogP contribution in [0.15, 0.2) is 24.3 Å². The van der Waals surface area contributed by atoms with Gasteiger partial charge in [0.25, 0.3) is 0 Å². The molecule has 0 aliphatic heterocycles. The predicted octanol–water partition coefficient (Wildman–Crippen LogP) is 3.63. The van der Waals surface area contributed by atoms with Crippen molar-refractivity contribution in [3.05, 3.63) is 24.3 Å². The monoisotopic (exact) mass is 210 g/mol. The summed E-state index contributed by atoms with van der Waals surface area (Å²) in [5.74, 6) is -0.297. The van der Waals surface area contributed by atoms with Crippen molar-refractivity contribution in [3.63, 3.8) is 0 Å². The number of hydrogen-bond donors (Lipinski definition) is 0. The van der Waals surface area contributed by atoms with Crippen molar-refractivity contribution < 1.29 is 9.53 Å². The first-order valence-electron chi connectivity index (χ1n) is 5.66. The van der Waals surface area contributed by atoms with Gasteiger partial charge >= 0.3 is 5.97 Å². The molecule has 0 aliphatic rings. The fourth-order valence-corrected chi connectivity index (χ4v) is 1.09. The summed E-state index contributed by atoms with van der Waals surface area (Å²) in [6.45, 7) is 7.82. The molecule has 0 bridgehead atoms. The molecule has 0 amide bonds. The van der Waals surface area contributed by atoms with Crippen LogP contribution in [-0.4, -0.2) is 12.6 Å². The van der Waals surface area contributed by atoms with Crippen LogP contribution in [-0.2, 0) is 9.53 Å². The number of allylic oxidation sites excluding steroid dienone is 1. The molecule has 0 saturated carbocycles. The van der Waals surface area contributed by atoms with Gasteiger partial charge in [-0.3, -0.25) is 0 Å². The summed E-state index contributed by atoms with van der Waals surface area (Å²) in [6.07, 6.45) is 9.94. The first-order chi connectivity index (χ1) is 7.18. The van der Waals surface area contributed by atoms with Gasteiger partial charge in [-0.15, -0.1) is 0 Å². The average Bonchev–Trinajstić information content (AvgIpc) is 2.21. The third-order valence-electron chi connectivity index (χ3n) is 2.01. The molecule has 0 N–H and O–H groups in total. The molecule has 0 unspecified atom stereocenters. The van der Waals surface area contributed by atoms with Crippen LogP contribution in [0.5, 0.6) is 0 Å². The van der Waals surface area contributed by atoms with E-state index in [0.717, 1.165) is 12.8 Å². The Balaban J connectivity index is 3.30. The van der Waals surface area contributed by atoms with Gasteiger partial charge in [-0.1, -0.05) is 38.5 Å². The SMILES string of the molecule is C=C(C)C(=O)OCCC=CCCCCC. The Morgan fingerprint density at radius 3 is 2.53 bits per heavy atom. The summed E-state index contributed by atoms with van der Waals surface area (Å²) >= 11 is 0. The summed E-state index contributed by atoms with van der Waals surface area (Å²) < 4.78 is 4.94. The summed E-state index contributed by atoms with van der Waals surface area (Å²) in [6, 6.07) is 0. The maximum absolute atomic E-state index is 11.0. The zero-order valence-corrected chi connectivity index (χ0v) is 9.92. The zero-order chi connectivity index (χ0) is 11.5. The van der Waals surface area contributed by atoms with Crippen LogP contribution < -0.4 is 0 Å². The minimum atomic E-state index is -0.297. The van der Waals surface area contributed by atoms with Gasteiger partial charge < -0.3 is 4.74 Å². The third-order valence-corrected chi connectivity index (χ3v) is 2.01. The fourth-order valence-electron chi connectivity index (χ4n) is 1.09. The van der Waals surface area contributed by atoms with Gasteiger partial charge in [-0.25, -0.2) is 4.79 Å². The molecular weight excluding hydrogens is 188 g/mol. The maximum atomic E-state index is 11.0. The molecule has 2 nitrogen and oxygen atoms in total. The molecule has 0 aromatic heterocycles. The van der Waals surface area contributed by atoms with Gasteiger partial charge in [0.2, 0.25) is 0 Å². The molecule has 0 spiro atoms. The van der Waals surface area contributed by atoms with Crippen LogP contribution in [0, 0.1) is 0 Å². The fraction of sp³-hybridized carbons (Fsp3) is 0.615. The Kier molecular flexibility index (Phi) is 8.84. The van der Waals surface area contributed by atoms with Crippen molar-refractivity contribution in [2.75, 3.05) is 6.61 Å². The lowest BCUT2D eigenvalue weighted by molar-refractivity contribution is -0.138. The lowest BCUT2D eigenvalue weighted by Crippen LogP contribution is -2.05. The summed E-state index contributed by atoms with van der Waals surface area (Å²) in [4.78, 5) is 11.0. The van der Waals surface area contributed by atoms with E-state index in [1.165, 1.54) is 19.3 Å². The van der Waals surface area contributed by atoms with E-state index >= 15 is 0 Å². The van der Waals surface area contributed by atoms with E-state index in [4.69, 9.17) is 4.74 Å². The van der Waals surface area contributed by atoms with Gasteiger partial charge in [0.15, 0.2) is 0 Å². The minimum absolute atomic E-state index is 0.297. The van der Waals surface area contributed by atoms with Crippen molar-refractivity contribution in [1.29, 1.82) is 0 Å². The van der Waals surface area contributed by atoms with E-state index in [2.05, 4.69) is 25.7 Å². The Labute approximate surface area is 93.0 Å². The molecule has 0 saturated heterocycles. The lowest BCUT2D eigenvalue weighted by Gasteiger charge is -2.00. The van der Waals surface area contributed by atoms with E-state index in [-0.39, 0.29) is 5.97 Å². The van der Waals surface area contributed by atoms with E-state index in [0.29, 0.717) is 12.2 Å². The Morgan fingerprint density at radius 1 is 1.27 bits per heavy atom. The van der Waals surface area contributed by atoms with Crippen molar-refractivity contribution in [1.82, 2.24) is 0 Å². The number of esters is 1. The minimum Gasteiger partial charge on any atom is -0.462 e. The van der Waals surface area contributed by atoms with Crippen molar-refractivity contribution in [2.45, 2.75) is 46.0 Å². The van der Waals surface area contributed by atoms with Crippen molar-refractivity contribution >= 4 is 5.97 Å². The number of unbranched alkanes of at least 4 members (excludes halogenated alkanes) is 3. The van der Waals surface area contributed by atoms with Gasteiger partial charge in [0.05, 0.1) is 6.61 Å². The molecule has 0 aromatic rings. The molecule has 15 heavy (non-hydrogen) atoms. The molecule has 0 rings (SSSR count). The van der Waals surface area contributed by atoms with E-state index in [1.807, 2.05) is 0 Å². The first kappa shape index (κ1) is 13.9. The summed E-state index contributed by atoms with van der Waals surface area (Å²) in [5.41, 5.74) is 0.460. The van der Waals surface area contributed by atoms with Crippen LogP contribution in [0.4, 0.5) is 0 Å². The largest absolute Gasteiger partial charge is 0.462 e. The number of rotatable bonds is 8. The van der Waals surface area contributed by atoms with Crippen LogP contribution >= 0.6 is 0 Å². The molecule has 0 atom stereocenters. The third kappa shape index (κ3) is 9.26. The Bertz CT molecular complexity index is 217. The standard InChI is InChI=1S/C13H22O2/c1-4-5-6-7-8-9-10-11-15-13(14)12(2)3/h8-9H,2,4-7,10-11H2,1,3H3.